The van der Waals surface area contributed by atoms with E-state index in [0.717, 1.165) is 24.3 Å². The standard InChI is InChI=1S/C14H17N5O3S2/c1-2-3-4-12-16-17-14(23-12)15-13(20)10-5-6-11-18-24(21,22)8-7-19(11)9-10/h5-6,9H,2-4,7-8H2,1H3,(H,15,17,20). The molecule has 0 aliphatic carbocycles. The monoisotopic (exact) mass is 367 g/mol. The van der Waals surface area contributed by atoms with E-state index in [4.69, 9.17) is 0 Å². The molecule has 8 nitrogen and oxygen atoms in total. The fraction of sp³-hybridized carbons (Fsp3) is 0.429. The van der Waals surface area contributed by atoms with Gasteiger partial charge in [-0.2, -0.15) is 0 Å². The number of nitrogens with one attached hydrogen (secondary N) is 1. The predicted molar refractivity (Wildman–Crippen MR) is 92.3 cm³/mol. The van der Waals surface area contributed by atoms with E-state index in [1.807, 2.05) is 0 Å². The summed E-state index contributed by atoms with van der Waals surface area (Å²) >= 11 is 1.37. The van der Waals surface area contributed by atoms with Crippen LogP contribution in [0.1, 0.15) is 24.8 Å². The molecule has 1 amide bonds. The van der Waals surface area contributed by atoms with Crippen molar-refractivity contribution in [1.82, 2.24) is 15.1 Å². The Morgan fingerprint density at radius 1 is 1.38 bits per heavy atom. The molecule has 0 atom stereocenters. The van der Waals surface area contributed by atoms with Crippen molar-refractivity contribution in [1.29, 1.82) is 0 Å². The highest BCUT2D eigenvalue weighted by Gasteiger charge is 2.25. The molecule has 0 saturated carbocycles. The summed E-state index contributed by atoms with van der Waals surface area (Å²) in [5, 5.41) is 12.1. The number of carbonyl (C=O) groups excluding carboxylic acids is 1. The van der Waals surface area contributed by atoms with E-state index in [2.05, 4.69) is 26.8 Å². The molecule has 10 heteroatoms. The SMILES string of the molecule is CCCCc1nnc(NC(=O)C2=CN3CCS(=O)(=O)N=C3C=C2)s1. The molecule has 0 spiro atoms. The number of aryl methyl sites for hydroxylation is 1. The minimum absolute atomic E-state index is 0.0626. The van der Waals surface area contributed by atoms with Gasteiger partial charge in [-0.1, -0.05) is 24.7 Å². The predicted octanol–water partition coefficient (Wildman–Crippen LogP) is 1.32. The largest absolute Gasteiger partial charge is 0.330 e. The zero-order valence-corrected chi connectivity index (χ0v) is 14.7. The average Bonchev–Trinajstić information content (AvgIpc) is 2.99. The number of fused-ring (bicyclic) bond motifs is 1. The number of carbonyl (C=O) groups is 1. The van der Waals surface area contributed by atoms with Crippen molar-refractivity contribution in [2.45, 2.75) is 26.2 Å². The van der Waals surface area contributed by atoms with Crippen LogP contribution in [0, 0.1) is 0 Å². The maximum absolute atomic E-state index is 12.3. The number of anilines is 1. The van der Waals surface area contributed by atoms with E-state index in [-0.39, 0.29) is 18.2 Å². The molecule has 1 N–H and O–H groups in total. The van der Waals surface area contributed by atoms with E-state index in [0.29, 0.717) is 16.5 Å². The number of aromatic nitrogens is 2. The molecule has 3 heterocycles. The second-order valence-corrected chi connectivity index (χ2v) is 8.22. The van der Waals surface area contributed by atoms with Crippen molar-refractivity contribution >= 4 is 38.2 Å². The van der Waals surface area contributed by atoms with Crippen molar-refractivity contribution in [3.05, 3.63) is 28.9 Å². The molecule has 3 rings (SSSR count). The van der Waals surface area contributed by atoms with Crippen LogP contribution in [-0.4, -0.2) is 47.6 Å². The average molecular weight is 367 g/mol. The quantitative estimate of drug-likeness (QED) is 0.841. The molecule has 0 saturated heterocycles. The van der Waals surface area contributed by atoms with Gasteiger partial charge in [0, 0.05) is 19.2 Å². The second-order valence-electron chi connectivity index (χ2n) is 5.41. The lowest BCUT2D eigenvalue weighted by Gasteiger charge is -2.26. The van der Waals surface area contributed by atoms with Gasteiger partial charge in [0.25, 0.3) is 15.9 Å². The van der Waals surface area contributed by atoms with Crippen molar-refractivity contribution in [3.8, 4) is 0 Å². The zero-order valence-electron chi connectivity index (χ0n) is 13.1. The summed E-state index contributed by atoms with van der Waals surface area (Å²) in [6.45, 7) is 2.39. The van der Waals surface area contributed by atoms with E-state index in [1.165, 1.54) is 17.4 Å². The zero-order chi connectivity index (χ0) is 17.2. The number of amides is 1. The maximum atomic E-state index is 12.3. The third-order valence-electron chi connectivity index (χ3n) is 3.52. The van der Waals surface area contributed by atoms with Crippen molar-refractivity contribution in [2.75, 3.05) is 17.6 Å². The van der Waals surface area contributed by atoms with Gasteiger partial charge in [0.05, 0.1) is 11.3 Å². The molecule has 0 bridgehead atoms. The molecule has 128 valence electrons. The molecule has 0 fully saturated rings. The lowest BCUT2D eigenvalue weighted by atomic mass is 10.2. The third kappa shape index (κ3) is 3.88. The van der Waals surface area contributed by atoms with Crippen molar-refractivity contribution < 1.29 is 13.2 Å². The first-order valence-electron chi connectivity index (χ1n) is 7.60. The highest BCUT2D eigenvalue weighted by atomic mass is 32.2. The van der Waals surface area contributed by atoms with Crippen molar-refractivity contribution in [2.24, 2.45) is 4.40 Å². The lowest BCUT2D eigenvalue weighted by molar-refractivity contribution is -0.112. The van der Waals surface area contributed by atoms with Gasteiger partial charge in [0.15, 0.2) is 0 Å². The van der Waals surface area contributed by atoms with Crippen LogP contribution in [0.4, 0.5) is 5.13 Å². The Bertz CT molecular complexity index is 838. The van der Waals surface area contributed by atoms with Crippen LogP contribution in [0.2, 0.25) is 0 Å². The Morgan fingerprint density at radius 2 is 2.21 bits per heavy atom. The maximum Gasteiger partial charge on any atom is 0.258 e. The van der Waals surface area contributed by atoms with E-state index in [1.54, 1.807) is 17.2 Å². The van der Waals surface area contributed by atoms with Crippen LogP contribution < -0.4 is 5.32 Å². The van der Waals surface area contributed by atoms with Crippen LogP contribution in [0.15, 0.2) is 28.3 Å². The molecule has 2 aliphatic rings. The first-order valence-corrected chi connectivity index (χ1v) is 10.0. The number of sulfonamides is 1. The fourth-order valence-electron chi connectivity index (χ4n) is 2.24. The van der Waals surface area contributed by atoms with E-state index >= 15 is 0 Å². The number of amidine groups is 1. The van der Waals surface area contributed by atoms with Gasteiger partial charge < -0.3 is 4.90 Å². The molecule has 24 heavy (non-hydrogen) atoms. The Morgan fingerprint density at radius 3 is 3.00 bits per heavy atom. The smallest absolute Gasteiger partial charge is 0.258 e. The number of unbranched alkanes of at least 4 members (excludes halogenated alkanes) is 1. The van der Waals surface area contributed by atoms with Crippen LogP contribution in [0.5, 0.6) is 0 Å². The van der Waals surface area contributed by atoms with Gasteiger partial charge in [-0.3, -0.25) is 10.1 Å². The van der Waals surface area contributed by atoms with Gasteiger partial charge in [0.1, 0.15) is 10.8 Å². The Balaban J connectivity index is 1.67. The Kier molecular flexibility index (Phi) is 4.76. The highest BCUT2D eigenvalue weighted by molar-refractivity contribution is 7.90. The molecule has 0 aromatic carbocycles. The fourth-order valence-corrected chi connectivity index (χ4v) is 3.98. The van der Waals surface area contributed by atoms with Crippen LogP contribution in [0.3, 0.4) is 0 Å². The summed E-state index contributed by atoms with van der Waals surface area (Å²) in [6, 6.07) is 0. The minimum Gasteiger partial charge on any atom is -0.330 e. The number of hydrogen-bond donors (Lipinski definition) is 1. The Hall–Kier alpha value is -2.07. The minimum atomic E-state index is -3.40. The number of nitrogens with zero attached hydrogens (tertiary/aromatic N) is 4. The molecular formula is C14H17N5O3S2. The molecule has 0 unspecified atom stereocenters. The van der Waals surface area contributed by atoms with Gasteiger partial charge in [0.2, 0.25) is 5.13 Å². The third-order valence-corrected chi connectivity index (χ3v) is 5.58. The van der Waals surface area contributed by atoms with Gasteiger partial charge in [-0.05, 0) is 18.6 Å². The molecule has 1 aromatic heterocycles. The topological polar surface area (TPSA) is 105 Å². The highest BCUT2D eigenvalue weighted by Crippen LogP contribution is 2.20. The normalized spacial score (nSPS) is 18.6. The first-order chi connectivity index (χ1) is 11.5. The summed E-state index contributed by atoms with van der Waals surface area (Å²) in [7, 11) is -3.40. The van der Waals surface area contributed by atoms with Gasteiger partial charge in [-0.15, -0.1) is 14.6 Å². The number of hydrogen-bond acceptors (Lipinski definition) is 7. The molecule has 1 aromatic rings. The molecule has 2 aliphatic heterocycles. The lowest BCUT2D eigenvalue weighted by Crippen LogP contribution is -2.37. The van der Waals surface area contributed by atoms with E-state index in [9.17, 15) is 13.2 Å². The molecule has 0 radical (unpaired) electrons. The van der Waals surface area contributed by atoms with Crippen LogP contribution >= 0.6 is 11.3 Å². The summed E-state index contributed by atoms with van der Waals surface area (Å²) in [5.74, 6) is -0.0417. The first kappa shape index (κ1) is 16.8. The van der Waals surface area contributed by atoms with Crippen LogP contribution in [0.25, 0.3) is 0 Å². The molecular weight excluding hydrogens is 350 g/mol. The number of rotatable bonds is 5. The van der Waals surface area contributed by atoms with Crippen LogP contribution in [-0.2, 0) is 21.2 Å². The summed E-state index contributed by atoms with van der Waals surface area (Å²) in [6.07, 6.45) is 7.64. The van der Waals surface area contributed by atoms with Gasteiger partial charge >= 0.3 is 0 Å². The van der Waals surface area contributed by atoms with E-state index < -0.39 is 10.0 Å². The Labute approximate surface area is 144 Å². The summed E-state index contributed by atoms with van der Waals surface area (Å²) in [4.78, 5) is 14.0. The summed E-state index contributed by atoms with van der Waals surface area (Å²) in [5.41, 5.74) is 0.415. The van der Waals surface area contributed by atoms with Gasteiger partial charge in [-0.25, -0.2) is 8.42 Å². The second kappa shape index (κ2) is 6.81. The summed E-state index contributed by atoms with van der Waals surface area (Å²) < 4.78 is 26.6. The van der Waals surface area contributed by atoms with Crippen molar-refractivity contribution in [3.63, 3.8) is 0 Å².